The number of benzene rings is 2. The van der Waals surface area contributed by atoms with Crippen molar-refractivity contribution in [3.8, 4) is 5.75 Å². The summed E-state index contributed by atoms with van der Waals surface area (Å²) in [6.45, 7) is 5.49. The number of carbonyl (C=O) groups is 1. The molecule has 1 unspecified atom stereocenters. The summed E-state index contributed by atoms with van der Waals surface area (Å²) < 4.78 is 7.08. The van der Waals surface area contributed by atoms with Gasteiger partial charge in [0.2, 0.25) is 0 Å². The smallest absolute Gasteiger partial charge is 0.312 e. The zero-order valence-electron chi connectivity index (χ0n) is 19.8. The van der Waals surface area contributed by atoms with Gasteiger partial charge in [-0.25, -0.2) is 0 Å². The average Bonchev–Trinajstić information content (AvgIpc) is 3.27. The molecule has 180 valence electrons. The molecule has 1 atom stereocenters. The second-order valence-corrected chi connectivity index (χ2v) is 8.64. The fourth-order valence-electron chi connectivity index (χ4n) is 4.23. The number of thiocarbonyl (C=S) groups is 1. The third-order valence-corrected chi connectivity index (χ3v) is 6.34. The van der Waals surface area contributed by atoms with Crippen molar-refractivity contribution in [1.29, 1.82) is 0 Å². The van der Waals surface area contributed by atoms with E-state index in [1.54, 1.807) is 42.7 Å². The number of nitrogens with zero attached hydrogens (tertiary/aromatic N) is 4. The highest BCUT2D eigenvalue weighted by Crippen LogP contribution is 2.29. The molecule has 3 aromatic rings. The van der Waals surface area contributed by atoms with Crippen molar-refractivity contribution < 1.29 is 14.5 Å². The van der Waals surface area contributed by atoms with Crippen LogP contribution in [0, 0.1) is 24.0 Å². The normalized spacial score (nSPS) is 15.4. The van der Waals surface area contributed by atoms with Gasteiger partial charge in [-0.1, -0.05) is 36.4 Å². The molecule has 1 aliphatic heterocycles. The molecule has 0 bridgehead atoms. The molecule has 2 aromatic carbocycles. The van der Waals surface area contributed by atoms with Crippen molar-refractivity contribution in [1.82, 2.24) is 20.0 Å². The molecular formula is C25H25N5O4S. The number of aromatic nitrogens is 2. The Kier molecular flexibility index (Phi) is 6.65. The van der Waals surface area contributed by atoms with E-state index in [1.807, 2.05) is 49.4 Å². The number of nitrogens with one attached hydrogen (secondary N) is 1. The molecule has 0 saturated carbocycles. The Balaban J connectivity index is 1.63. The number of amides is 1. The van der Waals surface area contributed by atoms with Gasteiger partial charge in [-0.2, -0.15) is 5.10 Å². The Morgan fingerprint density at radius 3 is 2.57 bits per heavy atom. The Morgan fingerprint density at radius 2 is 1.94 bits per heavy atom. The van der Waals surface area contributed by atoms with E-state index >= 15 is 0 Å². The van der Waals surface area contributed by atoms with Crippen LogP contribution in [0.25, 0.3) is 6.08 Å². The molecule has 1 saturated heterocycles. The first kappa shape index (κ1) is 24.1. The minimum Gasteiger partial charge on any atom is -0.496 e. The number of ether oxygens (including phenoxy) is 1. The molecule has 10 heteroatoms. The third-order valence-electron chi connectivity index (χ3n) is 6.04. The zero-order valence-corrected chi connectivity index (χ0v) is 20.6. The molecule has 0 spiro atoms. The van der Waals surface area contributed by atoms with Crippen LogP contribution in [0.5, 0.6) is 5.75 Å². The summed E-state index contributed by atoms with van der Waals surface area (Å²) in [7, 11) is 1.56. The summed E-state index contributed by atoms with van der Waals surface area (Å²) >= 11 is 5.46. The number of carbonyl (C=O) groups excluding carboxylic acids is 1. The van der Waals surface area contributed by atoms with Crippen LogP contribution in [0.15, 0.2) is 54.2 Å². The van der Waals surface area contributed by atoms with Crippen LogP contribution in [-0.4, -0.2) is 37.7 Å². The molecule has 9 nitrogen and oxygen atoms in total. The summed E-state index contributed by atoms with van der Waals surface area (Å²) in [6, 6.07) is 15.0. The molecule has 35 heavy (non-hydrogen) atoms. The lowest BCUT2D eigenvalue weighted by Gasteiger charge is -2.23. The van der Waals surface area contributed by atoms with Crippen molar-refractivity contribution >= 4 is 35.0 Å². The van der Waals surface area contributed by atoms with Gasteiger partial charge in [0, 0.05) is 5.56 Å². The summed E-state index contributed by atoms with van der Waals surface area (Å²) in [6.07, 6.45) is 1.74. The van der Waals surface area contributed by atoms with Crippen LogP contribution < -0.4 is 10.1 Å². The maximum absolute atomic E-state index is 13.2. The maximum Gasteiger partial charge on any atom is 0.312 e. The number of methoxy groups -OCH3 is 1. The highest BCUT2D eigenvalue weighted by atomic mass is 32.1. The van der Waals surface area contributed by atoms with E-state index in [0.29, 0.717) is 27.9 Å². The Morgan fingerprint density at radius 1 is 1.23 bits per heavy atom. The van der Waals surface area contributed by atoms with Crippen LogP contribution in [0.4, 0.5) is 5.69 Å². The van der Waals surface area contributed by atoms with Gasteiger partial charge in [-0.15, -0.1) is 0 Å². The van der Waals surface area contributed by atoms with Gasteiger partial charge in [0.15, 0.2) is 5.11 Å². The lowest BCUT2D eigenvalue weighted by molar-refractivity contribution is -0.386. The summed E-state index contributed by atoms with van der Waals surface area (Å²) in [5.74, 6) is 0.404. The van der Waals surface area contributed by atoms with Gasteiger partial charge >= 0.3 is 5.69 Å². The van der Waals surface area contributed by atoms with Gasteiger partial charge in [-0.3, -0.25) is 24.5 Å². The summed E-state index contributed by atoms with van der Waals surface area (Å²) in [4.78, 5) is 25.7. The Bertz CT molecular complexity index is 1350. The minimum absolute atomic E-state index is 0.00383. The van der Waals surface area contributed by atoms with E-state index in [9.17, 15) is 14.9 Å². The van der Waals surface area contributed by atoms with Crippen LogP contribution in [-0.2, 0) is 11.3 Å². The largest absolute Gasteiger partial charge is 0.496 e. The molecule has 1 aromatic heterocycles. The van der Waals surface area contributed by atoms with Crippen LogP contribution in [0.3, 0.4) is 0 Å². The maximum atomic E-state index is 13.2. The first-order valence-corrected chi connectivity index (χ1v) is 11.4. The predicted molar refractivity (Wildman–Crippen MR) is 136 cm³/mol. The van der Waals surface area contributed by atoms with Crippen LogP contribution in [0.1, 0.15) is 41.0 Å². The fourth-order valence-corrected chi connectivity index (χ4v) is 4.58. The highest BCUT2D eigenvalue weighted by Gasteiger charge is 2.34. The second-order valence-electron chi connectivity index (χ2n) is 8.26. The van der Waals surface area contributed by atoms with E-state index in [-0.39, 0.29) is 24.2 Å². The standard InChI is InChI=1S/C25H25N5O4S/c1-15-23(30(32)33)17(3)28(27-15)14-20-12-18(10-11-22(20)34-4)13-21-24(31)29(25(35)26-21)16(2)19-8-6-5-7-9-19/h5-13,16H,14H2,1-4H3,(H,26,35)/b21-13-. The van der Waals surface area contributed by atoms with Crippen LogP contribution in [0.2, 0.25) is 0 Å². The van der Waals surface area contributed by atoms with Crippen molar-refractivity contribution in [2.24, 2.45) is 0 Å². The SMILES string of the molecule is COc1ccc(/C=C2\NC(=S)N(C(C)c3ccccc3)C2=O)cc1Cn1nc(C)c([N+](=O)[O-])c1C. The first-order chi connectivity index (χ1) is 16.7. The quantitative estimate of drug-likeness (QED) is 0.228. The molecule has 1 amide bonds. The minimum atomic E-state index is -0.422. The second kappa shape index (κ2) is 9.67. The fraction of sp³-hybridized carbons (Fsp3) is 0.240. The topological polar surface area (TPSA) is 103 Å². The lowest BCUT2D eigenvalue weighted by atomic mass is 10.1. The van der Waals surface area contributed by atoms with E-state index < -0.39 is 4.92 Å². The number of aryl methyl sites for hydroxylation is 1. The van der Waals surface area contributed by atoms with Gasteiger partial charge in [-0.05, 0) is 62.3 Å². The Hall–Kier alpha value is -4.05. The van der Waals surface area contributed by atoms with Crippen LogP contribution >= 0.6 is 12.2 Å². The van der Waals surface area contributed by atoms with Crippen molar-refractivity contribution in [3.05, 3.63) is 92.4 Å². The van der Waals surface area contributed by atoms with Gasteiger partial charge in [0.25, 0.3) is 5.91 Å². The van der Waals surface area contributed by atoms with E-state index in [0.717, 1.165) is 16.7 Å². The highest BCUT2D eigenvalue weighted by molar-refractivity contribution is 7.80. The molecule has 4 rings (SSSR count). The Labute approximate surface area is 208 Å². The number of hydrogen-bond acceptors (Lipinski definition) is 6. The first-order valence-electron chi connectivity index (χ1n) is 11.0. The van der Waals surface area contributed by atoms with E-state index in [2.05, 4.69) is 10.4 Å². The van der Waals surface area contributed by atoms with E-state index in [4.69, 9.17) is 17.0 Å². The molecule has 1 aliphatic rings. The van der Waals surface area contributed by atoms with Crippen molar-refractivity contribution in [2.45, 2.75) is 33.4 Å². The van der Waals surface area contributed by atoms with E-state index in [1.165, 1.54) is 0 Å². The molecule has 1 fully saturated rings. The summed E-state index contributed by atoms with van der Waals surface area (Å²) in [5.41, 5.74) is 3.69. The van der Waals surface area contributed by atoms with Crippen molar-refractivity contribution in [2.75, 3.05) is 7.11 Å². The average molecular weight is 492 g/mol. The lowest BCUT2D eigenvalue weighted by Crippen LogP contribution is -2.33. The van der Waals surface area contributed by atoms with Gasteiger partial charge in [0.1, 0.15) is 22.8 Å². The molecule has 0 aliphatic carbocycles. The van der Waals surface area contributed by atoms with Gasteiger partial charge in [0.05, 0.1) is 24.6 Å². The third kappa shape index (κ3) is 4.65. The monoisotopic (exact) mass is 491 g/mol. The number of nitro groups is 1. The molecule has 2 heterocycles. The molecular weight excluding hydrogens is 466 g/mol. The molecule has 0 radical (unpaired) electrons. The number of hydrogen-bond donors (Lipinski definition) is 1. The summed E-state index contributed by atoms with van der Waals surface area (Å²) in [5, 5.41) is 19.1. The molecule has 1 N–H and O–H groups in total. The van der Waals surface area contributed by atoms with Gasteiger partial charge < -0.3 is 10.1 Å². The predicted octanol–water partition coefficient (Wildman–Crippen LogP) is 4.28. The zero-order chi connectivity index (χ0) is 25.3. The van der Waals surface area contributed by atoms with Crippen molar-refractivity contribution in [3.63, 3.8) is 0 Å². The number of rotatable bonds is 7.